The topological polar surface area (TPSA) is 108 Å². The Morgan fingerprint density at radius 2 is 2.00 bits per heavy atom. The summed E-state index contributed by atoms with van der Waals surface area (Å²) in [6.07, 6.45) is 1.74. The Morgan fingerprint density at radius 3 is 2.69 bits per heavy atom. The second kappa shape index (κ2) is 9.49. The standard InChI is InChI=1S/C23H30BrN3O5/c1-2-3-9-25-21(30)19-23-12-15(24)18(32-23)16(17(23)22(31)27(19)10-11-28)20(29)26-13-14-7-5-4-6-8-14/h4-8,15-19,28H,2-3,9-13H2,1H3,(H,25,30)(H,26,29)/t15?,16-,17+,18-,19?,23?/m1/s1. The molecule has 3 amide bonds. The van der Waals surface area contributed by atoms with Crippen molar-refractivity contribution in [1.29, 1.82) is 0 Å². The molecule has 3 unspecified atom stereocenters. The molecule has 9 heteroatoms. The normalized spacial score (nSPS) is 32.8. The summed E-state index contributed by atoms with van der Waals surface area (Å²) in [6, 6.07) is 8.70. The van der Waals surface area contributed by atoms with Gasteiger partial charge in [-0.25, -0.2) is 0 Å². The molecule has 32 heavy (non-hydrogen) atoms. The Bertz CT molecular complexity index is 868. The molecule has 0 saturated carbocycles. The minimum atomic E-state index is -1.07. The number of likely N-dealkylation sites (tertiary alicyclic amines) is 1. The SMILES string of the molecule is CCCCNC(=O)C1N(CCO)C(=O)[C@@H]2[C@@H](C(=O)NCc3ccccc3)[C@@H]3OC12CC3Br. The first-order chi connectivity index (χ1) is 15.4. The number of fused-ring (bicyclic) bond motifs is 1. The molecule has 3 aliphatic heterocycles. The van der Waals surface area contributed by atoms with Crippen LogP contribution in [0.3, 0.4) is 0 Å². The molecular formula is C23H30BrN3O5. The van der Waals surface area contributed by atoms with Crippen molar-refractivity contribution < 1.29 is 24.2 Å². The molecular weight excluding hydrogens is 478 g/mol. The second-order valence-corrected chi connectivity index (χ2v) is 9.94. The van der Waals surface area contributed by atoms with Gasteiger partial charge in [-0.15, -0.1) is 0 Å². The highest BCUT2D eigenvalue weighted by atomic mass is 79.9. The average molecular weight is 508 g/mol. The lowest BCUT2D eigenvalue weighted by atomic mass is 9.70. The third-order valence-electron chi connectivity index (χ3n) is 6.82. The number of alkyl halides is 1. The summed E-state index contributed by atoms with van der Waals surface area (Å²) in [5.41, 5.74) is -0.112. The number of nitrogens with zero attached hydrogens (tertiary/aromatic N) is 1. The summed E-state index contributed by atoms with van der Waals surface area (Å²) in [6.45, 7) is 2.66. The number of hydrogen-bond donors (Lipinski definition) is 3. The van der Waals surface area contributed by atoms with Gasteiger partial charge in [0.15, 0.2) is 0 Å². The fraction of sp³-hybridized carbons (Fsp3) is 0.609. The van der Waals surface area contributed by atoms with Gasteiger partial charge >= 0.3 is 0 Å². The summed E-state index contributed by atoms with van der Waals surface area (Å²) in [5.74, 6) is -2.27. The zero-order chi connectivity index (χ0) is 22.9. The molecule has 6 atom stereocenters. The van der Waals surface area contributed by atoms with E-state index in [0.717, 1.165) is 18.4 Å². The molecule has 1 aromatic carbocycles. The Kier molecular flexibility index (Phi) is 6.88. The highest BCUT2D eigenvalue weighted by Crippen LogP contribution is 2.59. The van der Waals surface area contributed by atoms with Crippen LogP contribution in [-0.2, 0) is 25.7 Å². The van der Waals surface area contributed by atoms with Crippen LogP contribution < -0.4 is 10.6 Å². The van der Waals surface area contributed by atoms with E-state index >= 15 is 0 Å². The van der Waals surface area contributed by atoms with Crippen molar-refractivity contribution >= 4 is 33.7 Å². The highest BCUT2D eigenvalue weighted by Gasteiger charge is 2.76. The quantitative estimate of drug-likeness (QED) is 0.340. The molecule has 2 bridgehead atoms. The van der Waals surface area contributed by atoms with Gasteiger partial charge in [-0.3, -0.25) is 14.4 Å². The van der Waals surface area contributed by atoms with E-state index in [1.165, 1.54) is 4.90 Å². The summed E-state index contributed by atoms with van der Waals surface area (Å²) < 4.78 is 6.36. The van der Waals surface area contributed by atoms with Gasteiger partial charge in [-0.1, -0.05) is 59.6 Å². The van der Waals surface area contributed by atoms with Gasteiger partial charge in [0.25, 0.3) is 0 Å². The number of aliphatic hydroxyl groups is 1. The van der Waals surface area contributed by atoms with Crippen molar-refractivity contribution in [3.05, 3.63) is 35.9 Å². The number of aliphatic hydroxyl groups excluding tert-OH is 1. The number of carbonyl (C=O) groups excluding carboxylic acids is 3. The fourth-order valence-electron chi connectivity index (χ4n) is 5.47. The first-order valence-corrected chi connectivity index (χ1v) is 12.2. The Hall–Kier alpha value is -1.97. The third kappa shape index (κ3) is 3.84. The van der Waals surface area contributed by atoms with Crippen molar-refractivity contribution in [1.82, 2.24) is 15.5 Å². The number of nitrogens with one attached hydrogen (secondary N) is 2. The van der Waals surface area contributed by atoms with Crippen LogP contribution in [0.1, 0.15) is 31.7 Å². The molecule has 1 spiro atoms. The van der Waals surface area contributed by atoms with E-state index in [0.29, 0.717) is 19.5 Å². The monoisotopic (exact) mass is 507 g/mol. The van der Waals surface area contributed by atoms with Crippen LogP contribution in [0.15, 0.2) is 30.3 Å². The first kappa shape index (κ1) is 23.2. The van der Waals surface area contributed by atoms with Crippen molar-refractivity contribution in [2.75, 3.05) is 19.7 Å². The number of hydrogen-bond acceptors (Lipinski definition) is 5. The maximum atomic E-state index is 13.5. The smallest absolute Gasteiger partial charge is 0.245 e. The molecule has 3 aliphatic rings. The molecule has 3 N–H and O–H groups in total. The van der Waals surface area contributed by atoms with Crippen LogP contribution in [-0.4, -0.2) is 70.0 Å². The van der Waals surface area contributed by atoms with Gasteiger partial charge in [0.05, 0.1) is 24.5 Å². The summed E-state index contributed by atoms with van der Waals surface area (Å²) in [5, 5.41) is 15.4. The summed E-state index contributed by atoms with van der Waals surface area (Å²) >= 11 is 3.63. The van der Waals surface area contributed by atoms with Crippen molar-refractivity contribution in [2.24, 2.45) is 11.8 Å². The van der Waals surface area contributed by atoms with Crippen LogP contribution in [0.2, 0.25) is 0 Å². The second-order valence-electron chi connectivity index (χ2n) is 8.77. The third-order valence-corrected chi connectivity index (χ3v) is 7.67. The lowest BCUT2D eigenvalue weighted by Crippen LogP contribution is -2.56. The molecule has 8 nitrogen and oxygen atoms in total. The predicted molar refractivity (Wildman–Crippen MR) is 121 cm³/mol. The lowest BCUT2D eigenvalue weighted by Gasteiger charge is -2.34. The number of halogens is 1. The van der Waals surface area contributed by atoms with E-state index in [-0.39, 0.29) is 35.7 Å². The van der Waals surface area contributed by atoms with Gasteiger partial charge in [-0.2, -0.15) is 0 Å². The van der Waals surface area contributed by atoms with Gasteiger partial charge in [0, 0.05) is 24.5 Å². The maximum Gasteiger partial charge on any atom is 0.245 e. The Morgan fingerprint density at radius 1 is 1.25 bits per heavy atom. The lowest BCUT2D eigenvalue weighted by molar-refractivity contribution is -0.142. The zero-order valence-corrected chi connectivity index (χ0v) is 19.7. The number of benzene rings is 1. The van der Waals surface area contributed by atoms with E-state index in [1.807, 2.05) is 37.3 Å². The van der Waals surface area contributed by atoms with Crippen LogP contribution in [0, 0.1) is 11.8 Å². The van der Waals surface area contributed by atoms with Gasteiger partial charge < -0.3 is 25.4 Å². The number of unbranched alkanes of at least 4 members (excludes halogenated alkanes) is 1. The van der Waals surface area contributed by atoms with E-state index < -0.39 is 29.6 Å². The highest BCUT2D eigenvalue weighted by molar-refractivity contribution is 9.09. The van der Waals surface area contributed by atoms with Gasteiger partial charge in [0.2, 0.25) is 17.7 Å². The molecule has 3 saturated heterocycles. The largest absolute Gasteiger partial charge is 0.395 e. The van der Waals surface area contributed by atoms with E-state index in [2.05, 4.69) is 26.6 Å². The van der Waals surface area contributed by atoms with Crippen LogP contribution in [0.4, 0.5) is 0 Å². The summed E-state index contributed by atoms with van der Waals surface area (Å²) in [4.78, 5) is 41.2. The van der Waals surface area contributed by atoms with Gasteiger partial charge in [0.1, 0.15) is 11.6 Å². The molecule has 0 aromatic heterocycles. The van der Waals surface area contributed by atoms with Crippen LogP contribution >= 0.6 is 15.9 Å². The number of rotatable bonds is 9. The molecule has 0 aliphatic carbocycles. The van der Waals surface area contributed by atoms with E-state index in [9.17, 15) is 19.5 Å². The Labute approximate surface area is 196 Å². The number of amides is 3. The van der Waals surface area contributed by atoms with Crippen molar-refractivity contribution in [3.8, 4) is 0 Å². The van der Waals surface area contributed by atoms with Crippen molar-refractivity contribution in [3.63, 3.8) is 0 Å². The zero-order valence-electron chi connectivity index (χ0n) is 18.1. The van der Waals surface area contributed by atoms with Crippen LogP contribution in [0.5, 0.6) is 0 Å². The number of carbonyl (C=O) groups is 3. The van der Waals surface area contributed by atoms with Gasteiger partial charge in [-0.05, 0) is 18.4 Å². The molecule has 4 rings (SSSR count). The molecule has 0 radical (unpaired) electrons. The van der Waals surface area contributed by atoms with E-state index in [4.69, 9.17) is 4.74 Å². The Balaban J connectivity index is 1.59. The van der Waals surface area contributed by atoms with Crippen molar-refractivity contribution in [2.45, 2.75) is 55.3 Å². The maximum absolute atomic E-state index is 13.5. The summed E-state index contributed by atoms with van der Waals surface area (Å²) in [7, 11) is 0. The molecule has 3 fully saturated rings. The molecule has 174 valence electrons. The fourth-order valence-corrected chi connectivity index (χ4v) is 6.41. The molecule has 3 heterocycles. The number of β-amino-alcohol motifs (C(OH)–C–C–N with tert-alkyl or cyclic N) is 1. The number of ether oxygens (including phenoxy) is 1. The first-order valence-electron chi connectivity index (χ1n) is 11.3. The minimum absolute atomic E-state index is 0.0300. The van der Waals surface area contributed by atoms with Crippen LogP contribution in [0.25, 0.3) is 0 Å². The minimum Gasteiger partial charge on any atom is -0.395 e. The van der Waals surface area contributed by atoms with E-state index in [1.54, 1.807) is 0 Å². The molecule has 1 aromatic rings. The average Bonchev–Trinajstić information content (AvgIpc) is 3.37. The predicted octanol–water partition coefficient (Wildman–Crippen LogP) is 0.959.